The summed E-state index contributed by atoms with van der Waals surface area (Å²) in [5.41, 5.74) is 7.83. The minimum Gasteiger partial charge on any atom is -0.366 e. The number of amides is 2. The maximum atomic E-state index is 12.5. The number of rotatable bonds is 6. The van der Waals surface area contributed by atoms with Gasteiger partial charge in [0.25, 0.3) is 0 Å². The maximum Gasteiger partial charge on any atom is 0.248 e. The topological polar surface area (TPSA) is 80.5 Å². The molecule has 1 atom stereocenters. The van der Waals surface area contributed by atoms with Crippen LogP contribution in [0, 0.1) is 5.92 Å². The van der Waals surface area contributed by atoms with Gasteiger partial charge in [0, 0.05) is 18.7 Å². The minimum absolute atomic E-state index is 0.0353. The molecule has 2 N–H and O–H groups in total. The van der Waals surface area contributed by atoms with E-state index in [-0.39, 0.29) is 11.7 Å². The van der Waals surface area contributed by atoms with E-state index < -0.39 is 5.91 Å². The smallest absolute Gasteiger partial charge is 0.248 e. The van der Waals surface area contributed by atoms with Crippen molar-refractivity contribution in [2.75, 3.05) is 13.1 Å². The average molecular weight is 370 g/mol. The molecule has 3 rings (SSSR count). The molecule has 2 heterocycles. The molecule has 26 heavy (non-hydrogen) atoms. The Hall–Kier alpha value is -2.47. The van der Waals surface area contributed by atoms with Crippen molar-refractivity contribution in [2.24, 2.45) is 11.7 Å². The first kappa shape index (κ1) is 18.3. The van der Waals surface area contributed by atoms with E-state index in [9.17, 15) is 14.4 Å². The van der Waals surface area contributed by atoms with E-state index in [2.05, 4.69) is 0 Å². The van der Waals surface area contributed by atoms with Crippen LogP contribution in [-0.2, 0) is 17.6 Å². The van der Waals surface area contributed by atoms with Crippen molar-refractivity contribution < 1.29 is 14.4 Å². The quantitative estimate of drug-likeness (QED) is 0.794. The zero-order valence-corrected chi connectivity index (χ0v) is 15.6. The summed E-state index contributed by atoms with van der Waals surface area (Å²) >= 11 is 1.39. The van der Waals surface area contributed by atoms with E-state index in [4.69, 9.17) is 5.73 Å². The summed E-state index contributed by atoms with van der Waals surface area (Å²) in [5, 5.41) is 1.89. The van der Waals surface area contributed by atoms with Crippen molar-refractivity contribution in [3.8, 4) is 0 Å². The number of Topliss-reactive ketones (excluding diaryl/α,β-unsaturated/α-hetero) is 1. The molecule has 0 radical (unpaired) electrons. The van der Waals surface area contributed by atoms with Crippen molar-refractivity contribution in [3.05, 3.63) is 57.3 Å². The molecule has 1 unspecified atom stereocenters. The summed E-state index contributed by atoms with van der Waals surface area (Å²) in [5.74, 6) is 0.104. The largest absolute Gasteiger partial charge is 0.366 e. The Labute approximate surface area is 156 Å². The Morgan fingerprint density at radius 1 is 1.23 bits per heavy atom. The van der Waals surface area contributed by atoms with Gasteiger partial charge in [0.15, 0.2) is 5.78 Å². The van der Waals surface area contributed by atoms with Crippen LogP contribution in [0.1, 0.15) is 44.5 Å². The lowest BCUT2D eigenvalue weighted by molar-refractivity contribution is -0.129. The molecule has 0 bridgehead atoms. The highest BCUT2D eigenvalue weighted by atomic mass is 32.1. The lowest BCUT2D eigenvalue weighted by atomic mass is 9.97. The minimum atomic E-state index is -0.421. The van der Waals surface area contributed by atoms with E-state index >= 15 is 0 Å². The highest BCUT2D eigenvalue weighted by Gasteiger charge is 2.26. The predicted molar refractivity (Wildman–Crippen MR) is 101 cm³/mol. The highest BCUT2D eigenvalue weighted by Crippen LogP contribution is 2.23. The van der Waals surface area contributed by atoms with Gasteiger partial charge in [0.1, 0.15) is 0 Å². The fourth-order valence-electron chi connectivity index (χ4n) is 3.35. The van der Waals surface area contributed by atoms with E-state index in [1.54, 1.807) is 6.07 Å². The number of nitrogens with two attached hydrogens (primary N) is 1. The second-order valence-corrected chi connectivity index (χ2v) is 7.73. The normalized spacial score (nSPS) is 16.7. The van der Waals surface area contributed by atoms with Crippen LogP contribution < -0.4 is 5.73 Å². The van der Waals surface area contributed by atoms with Crippen LogP contribution in [0.4, 0.5) is 0 Å². The Bertz CT molecular complexity index is 843. The molecule has 1 aromatic carbocycles. The molecule has 0 aliphatic carbocycles. The van der Waals surface area contributed by atoms with E-state index in [0.717, 1.165) is 37.1 Å². The number of hydrogen-bond acceptors (Lipinski definition) is 4. The van der Waals surface area contributed by atoms with Gasteiger partial charge in [0.2, 0.25) is 11.8 Å². The SMILES string of the molecule is CC(=O)c1cc(CC(=O)N2CCC(Cc3cccc(C(N)=O)c3)C2)cs1. The molecule has 2 amide bonds. The Balaban J connectivity index is 1.56. The summed E-state index contributed by atoms with van der Waals surface area (Å²) < 4.78 is 0. The number of thiophene rings is 1. The first-order valence-electron chi connectivity index (χ1n) is 8.67. The molecule has 1 aliphatic heterocycles. The molecular weight excluding hydrogens is 348 g/mol. The summed E-state index contributed by atoms with van der Waals surface area (Å²) in [7, 11) is 0. The second kappa shape index (κ2) is 7.83. The van der Waals surface area contributed by atoms with Gasteiger partial charge in [-0.05, 0) is 60.4 Å². The van der Waals surface area contributed by atoms with Crippen LogP contribution >= 0.6 is 11.3 Å². The van der Waals surface area contributed by atoms with Gasteiger partial charge in [-0.15, -0.1) is 11.3 Å². The van der Waals surface area contributed by atoms with Crippen LogP contribution in [0.15, 0.2) is 35.7 Å². The lowest BCUT2D eigenvalue weighted by Gasteiger charge is -2.16. The van der Waals surface area contributed by atoms with Crippen molar-refractivity contribution in [1.82, 2.24) is 4.90 Å². The van der Waals surface area contributed by atoms with Gasteiger partial charge < -0.3 is 10.6 Å². The summed E-state index contributed by atoms with van der Waals surface area (Å²) in [6, 6.07) is 9.20. The standard InChI is InChI=1S/C20H22N2O3S/c1-13(23)18-9-16(12-26-18)10-19(24)22-6-5-15(11-22)7-14-3-2-4-17(8-14)20(21)25/h2-4,8-9,12,15H,5-7,10-11H2,1H3,(H2,21,25). The first-order chi connectivity index (χ1) is 12.4. The molecule has 1 aliphatic rings. The Morgan fingerprint density at radius 2 is 2.04 bits per heavy atom. The average Bonchev–Trinajstić information content (AvgIpc) is 3.24. The van der Waals surface area contributed by atoms with Gasteiger partial charge in [0.05, 0.1) is 11.3 Å². The van der Waals surface area contributed by atoms with E-state index in [0.29, 0.717) is 22.8 Å². The van der Waals surface area contributed by atoms with Crippen LogP contribution in [0.3, 0.4) is 0 Å². The third-order valence-electron chi connectivity index (χ3n) is 4.73. The molecule has 2 aromatic rings. The number of primary amides is 1. The number of benzene rings is 1. The highest BCUT2D eigenvalue weighted by molar-refractivity contribution is 7.12. The van der Waals surface area contributed by atoms with Crippen molar-refractivity contribution in [2.45, 2.75) is 26.2 Å². The number of likely N-dealkylation sites (tertiary alicyclic amines) is 1. The monoisotopic (exact) mass is 370 g/mol. The van der Waals surface area contributed by atoms with Gasteiger partial charge >= 0.3 is 0 Å². The summed E-state index contributed by atoms with van der Waals surface area (Å²) in [4.78, 5) is 37.8. The van der Waals surface area contributed by atoms with Crippen molar-refractivity contribution in [1.29, 1.82) is 0 Å². The summed E-state index contributed by atoms with van der Waals surface area (Å²) in [6.45, 7) is 3.02. The zero-order valence-electron chi connectivity index (χ0n) is 14.7. The molecule has 5 nitrogen and oxygen atoms in total. The lowest BCUT2D eigenvalue weighted by Crippen LogP contribution is -2.30. The summed E-state index contributed by atoms with van der Waals surface area (Å²) in [6.07, 6.45) is 2.13. The van der Waals surface area contributed by atoms with Crippen LogP contribution in [0.25, 0.3) is 0 Å². The van der Waals surface area contributed by atoms with Gasteiger partial charge in [-0.2, -0.15) is 0 Å². The van der Waals surface area contributed by atoms with Gasteiger partial charge in [-0.25, -0.2) is 0 Å². The number of hydrogen-bond donors (Lipinski definition) is 1. The van der Waals surface area contributed by atoms with E-state index in [1.165, 1.54) is 18.3 Å². The van der Waals surface area contributed by atoms with Crippen LogP contribution in [0.2, 0.25) is 0 Å². The van der Waals surface area contributed by atoms with Gasteiger partial charge in [-0.1, -0.05) is 12.1 Å². The van der Waals surface area contributed by atoms with Crippen LogP contribution in [-0.4, -0.2) is 35.6 Å². The molecule has 1 saturated heterocycles. The van der Waals surface area contributed by atoms with Crippen LogP contribution in [0.5, 0.6) is 0 Å². The first-order valence-corrected chi connectivity index (χ1v) is 9.55. The fourth-order valence-corrected chi connectivity index (χ4v) is 4.17. The number of carbonyl (C=O) groups is 3. The zero-order chi connectivity index (χ0) is 18.7. The number of ketones is 1. The Morgan fingerprint density at radius 3 is 2.73 bits per heavy atom. The Kier molecular flexibility index (Phi) is 5.52. The van der Waals surface area contributed by atoms with Crippen molar-refractivity contribution >= 4 is 28.9 Å². The number of nitrogens with zero attached hydrogens (tertiary/aromatic N) is 1. The predicted octanol–water partition coefficient (Wildman–Crippen LogP) is 2.68. The van der Waals surface area contributed by atoms with Crippen molar-refractivity contribution in [3.63, 3.8) is 0 Å². The fraction of sp³-hybridized carbons (Fsp3) is 0.350. The third kappa shape index (κ3) is 4.38. The maximum absolute atomic E-state index is 12.5. The second-order valence-electron chi connectivity index (χ2n) is 6.82. The molecule has 136 valence electrons. The molecule has 6 heteroatoms. The van der Waals surface area contributed by atoms with E-state index in [1.807, 2.05) is 34.5 Å². The molecular formula is C20H22N2O3S. The molecule has 1 fully saturated rings. The molecule has 0 saturated carbocycles. The third-order valence-corrected chi connectivity index (χ3v) is 5.81. The molecule has 0 spiro atoms. The van der Waals surface area contributed by atoms with Gasteiger partial charge in [-0.3, -0.25) is 14.4 Å². The number of carbonyl (C=O) groups excluding carboxylic acids is 3. The molecule has 1 aromatic heterocycles.